The largest absolute Gasteiger partial charge is 0.397 e. The molecule has 2 rings (SSSR count). The van der Waals surface area contributed by atoms with Crippen LogP contribution < -0.4 is 22.3 Å². The summed E-state index contributed by atoms with van der Waals surface area (Å²) in [6.07, 6.45) is 6.59. The molecule has 0 saturated carbocycles. The Morgan fingerprint density at radius 3 is 2.80 bits per heavy atom. The number of carbonyl (C=O) groups is 1. The van der Waals surface area contributed by atoms with E-state index in [0.717, 1.165) is 37.1 Å². The summed E-state index contributed by atoms with van der Waals surface area (Å²) in [7, 11) is 0. The van der Waals surface area contributed by atoms with Crippen molar-refractivity contribution in [3.8, 4) is 0 Å². The lowest BCUT2D eigenvalue weighted by atomic mass is 10.1. The SMILES string of the molecule is Cc1cn(CCCCCC(=O)Nc2ccccc2/C(N)=C/NN)nn1. The second kappa shape index (κ2) is 9.43. The summed E-state index contributed by atoms with van der Waals surface area (Å²) >= 11 is 0. The fourth-order valence-corrected chi connectivity index (χ4v) is 2.46. The monoisotopic (exact) mass is 343 g/mol. The van der Waals surface area contributed by atoms with E-state index in [9.17, 15) is 4.79 Å². The van der Waals surface area contributed by atoms with Gasteiger partial charge in [-0.3, -0.25) is 15.3 Å². The number of para-hydroxylation sites is 1. The molecule has 0 radical (unpaired) electrons. The third-order valence-corrected chi connectivity index (χ3v) is 3.70. The molecule has 1 aromatic heterocycles. The molecule has 0 saturated heterocycles. The highest BCUT2D eigenvalue weighted by Crippen LogP contribution is 2.20. The quantitative estimate of drug-likeness (QED) is 0.311. The van der Waals surface area contributed by atoms with Gasteiger partial charge in [0.2, 0.25) is 5.91 Å². The van der Waals surface area contributed by atoms with Gasteiger partial charge in [0.05, 0.1) is 17.1 Å². The van der Waals surface area contributed by atoms with Crippen LogP contribution >= 0.6 is 0 Å². The second-order valence-corrected chi connectivity index (χ2v) is 5.79. The van der Waals surface area contributed by atoms with Crippen LogP contribution in [0.2, 0.25) is 0 Å². The Morgan fingerprint density at radius 1 is 1.28 bits per heavy atom. The van der Waals surface area contributed by atoms with Crippen molar-refractivity contribution in [2.45, 2.75) is 39.2 Å². The molecule has 0 fully saturated rings. The van der Waals surface area contributed by atoms with Crippen LogP contribution in [-0.2, 0) is 11.3 Å². The Bertz CT molecular complexity index is 723. The highest BCUT2D eigenvalue weighted by Gasteiger charge is 2.08. The van der Waals surface area contributed by atoms with Crippen molar-refractivity contribution in [2.24, 2.45) is 11.6 Å². The fraction of sp³-hybridized carbons (Fsp3) is 0.353. The molecule has 6 N–H and O–H groups in total. The first-order chi connectivity index (χ1) is 12.1. The first-order valence-corrected chi connectivity index (χ1v) is 8.28. The molecule has 0 bridgehead atoms. The predicted octanol–water partition coefficient (Wildman–Crippen LogP) is 1.51. The number of hydrogen-bond acceptors (Lipinski definition) is 6. The maximum absolute atomic E-state index is 12.1. The van der Waals surface area contributed by atoms with Gasteiger partial charge in [-0.1, -0.05) is 29.8 Å². The molecule has 8 heteroatoms. The van der Waals surface area contributed by atoms with Gasteiger partial charge in [0.1, 0.15) is 0 Å². The molecule has 25 heavy (non-hydrogen) atoms. The van der Waals surface area contributed by atoms with Crippen molar-refractivity contribution in [2.75, 3.05) is 5.32 Å². The molecule has 1 aromatic carbocycles. The maximum atomic E-state index is 12.1. The number of unbranched alkanes of at least 4 members (excludes halogenated alkanes) is 2. The average Bonchev–Trinajstić information content (AvgIpc) is 3.00. The van der Waals surface area contributed by atoms with Gasteiger partial charge in [0, 0.05) is 30.9 Å². The molecule has 0 atom stereocenters. The molecule has 0 aliphatic carbocycles. The third-order valence-electron chi connectivity index (χ3n) is 3.70. The van der Waals surface area contributed by atoms with Crippen LogP contribution in [0.1, 0.15) is 36.9 Å². The van der Waals surface area contributed by atoms with Gasteiger partial charge < -0.3 is 16.5 Å². The Morgan fingerprint density at radius 2 is 2.08 bits per heavy atom. The van der Waals surface area contributed by atoms with Crippen molar-refractivity contribution >= 4 is 17.3 Å². The van der Waals surface area contributed by atoms with E-state index in [4.69, 9.17) is 11.6 Å². The van der Waals surface area contributed by atoms with E-state index in [-0.39, 0.29) is 5.91 Å². The summed E-state index contributed by atoms with van der Waals surface area (Å²) in [5.74, 6) is 5.22. The second-order valence-electron chi connectivity index (χ2n) is 5.79. The maximum Gasteiger partial charge on any atom is 0.224 e. The molecular weight excluding hydrogens is 318 g/mol. The minimum atomic E-state index is -0.0300. The van der Waals surface area contributed by atoms with Crippen molar-refractivity contribution in [1.29, 1.82) is 0 Å². The van der Waals surface area contributed by atoms with Gasteiger partial charge in [0.25, 0.3) is 0 Å². The van der Waals surface area contributed by atoms with Gasteiger partial charge >= 0.3 is 0 Å². The van der Waals surface area contributed by atoms with E-state index < -0.39 is 0 Å². The van der Waals surface area contributed by atoms with Crippen molar-refractivity contribution in [3.05, 3.63) is 47.9 Å². The molecule has 0 spiro atoms. The molecule has 8 nitrogen and oxygen atoms in total. The zero-order valence-corrected chi connectivity index (χ0v) is 14.4. The van der Waals surface area contributed by atoms with E-state index in [1.54, 1.807) is 0 Å². The number of nitrogens with zero attached hydrogens (tertiary/aromatic N) is 3. The van der Waals surface area contributed by atoms with Crippen LogP contribution in [0, 0.1) is 6.92 Å². The number of benzene rings is 1. The van der Waals surface area contributed by atoms with Gasteiger partial charge in [-0.15, -0.1) is 5.10 Å². The summed E-state index contributed by atoms with van der Waals surface area (Å²) in [5.41, 5.74) is 11.1. The third kappa shape index (κ3) is 5.92. The number of hydrogen-bond donors (Lipinski definition) is 4. The number of aromatic nitrogens is 3. The Balaban J connectivity index is 1.76. The lowest BCUT2D eigenvalue weighted by molar-refractivity contribution is -0.116. The topological polar surface area (TPSA) is 124 Å². The molecule has 1 amide bonds. The van der Waals surface area contributed by atoms with Gasteiger partial charge in [-0.05, 0) is 25.8 Å². The van der Waals surface area contributed by atoms with E-state index in [1.807, 2.05) is 42.1 Å². The summed E-state index contributed by atoms with van der Waals surface area (Å²) in [6, 6.07) is 7.35. The molecular formula is C17H25N7O. The van der Waals surface area contributed by atoms with Gasteiger partial charge in [0.15, 0.2) is 0 Å². The van der Waals surface area contributed by atoms with Crippen molar-refractivity contribution in [1.82, 2.24) is 20.4 Å². The first kappa shape index (κ1) is 18.5. The zero-order valence-electron chi connectivity index (χ0n) is 14.4. The number of carbonyl (C=O) groups excluding carboxylic acids is 1. The minimum absolute atomic E-state index is 0.0300. The lowest BCUT2D eigenvalue weighted by Gasteiger charge is -2.11. The Hall–Kier alpha value is -2.87. The van der Waals surface area contributed by atoms with E-state index >= 15 is 0 Å². The number of nitrogens with two attached hydrogens (primary N) is 2. The smallest absolute Gasteiger partial charge is 0.224 e. The summed E-state index contributed by atoms with van der Waals surface area (Å²) in [5, 5.41) is 10.9. The van der Waals surface area contributed by atoms with E-state index in [1.165, 1.54) is 6.20 Å². The number of amides is 1. The number of aryl methyl sites for hydroxylation is 2. The molecule has 1 heterocycles. The number of hydrazine groups is 1. The van der Waals surface area contributed by atoms with Crippen LogP contribution in [0.3, 0.4) is 0 Å². The van der Waals surface area contributed by atoms with Crippen LogP contribution in [0.25, 0.3) is 5.70 Å². The summed E-state index contributed by atoms with van der Waals surface area (Å²) in [6.45, 7) is 2.73. The Labute approximate surface area is 147 Å². The minimum Gasteiger partial charge on any atom is -0.397 e. The fourth-order valence-electron chi connectivity index (χ4n) is 2.46. The molecule has 2 aromatic rings. The lowest BCUT2D eigenvalue weighted by Crippen LogP contribution is -2.17. The first-order valence-electron chi connectivity index (χ1n) is 8.28. The summed E-state index contributed by atoms with van der Waals surface area (Å²) < 4.78 is 1.83. The molecule has 0 unspecified atom stereocenters. The van der Waals surface area contributed by atoms with Crippen LogP contribution in [0.15, 0.2) is 36.7 Å². The molecule has 0 aliphatic heterocycles. The molecule has 0 aliphatic rings. The van der Waals surface area contributed by atoms with Crippen molar-refractivity contribution in [3.63, 3.8) is 0 Å². The Kier molecular flexibility index (Phi) is 6.97. The summed E-state index contributed by atoms with van der Waals surface area (Å²) in [4.78, 5) is 12.1. The highest BCUT2D eigenvalue weighted by atomic mass is 16.1. The van der Waals surface area contributed by atoms with Crippen molar-refractivity contribution < 1.29 is 4.79 Å². The number of anilines is 1. The predicted molar refractivity (Wildman–Crippen MR) is 97.8 cm³/mol. The number of nitrogens with one attached hydrogen (secondary N) is 2. The standard InChI is InChI=1S/C17H25N7O/c1-13-12-24(23-22-13)10-6-2-3-9-17(25)21-16-8-5-4-7-14(16)15(18)11-20-19/h4-5,7-8,11-12,20H,2-3,6,9-10,18-19H2,1H3,(H,21,25)/b15-11-. The average molecular weight is 343 g/mol. The van der Waals surface area contributed by atoms with Crippen LogP contribution in [-0.4, -0.2) is 20.9 Å². The highest BCUT2D eigenvalue weighted by molar-refractivity contribution is 5.93. The van der Waals surface area contributed by atoms with Gasteiger partial charge in [-0.25, -0.2) is 0 Å². The van der Waals surface area contributed by atoms with Crippen LogP contribution in [0.5, 0.6) is 0 Å². The van der Waals surface area contributed by atoms with Gasteiger partial charge in [-0.2, -0.15) is 0 Å². The molecule has 134 valence electrons. The number of rotatable bonds is 9. The van der Waals surface area contributed by atoms with E-state index in [2.05, 4.69) is 21.1 Å². The van der Waals surface area contributed by atoms with E-state index in [0.29, 0.717) is 17.8 Å². The zero-order chi connectivity index (χ0) is 18.1. The normalized spacial score (nSPS) is 11.4. The van der Waals surface area contributed by atoms with Crippen LogP contribution in [0.4, 0.5) is 5.69 Å².